The topological polar surface area (TPSA) is 57.7 Å². The van der Waals surface area contributed by atoms with Crippen LogP contribution in [-0.2, 0) is 27.7 Å². The molecule has 8 heteroatoms. The Morgan fingerprint density at radius 2 is 1.86 bits per heavy atom. The summed E-state index contributed by atoms with van der Waals surface area (Å²) >= 11 is 3.60. The number of aryl methyl sites for hydroxylation is 1. The molecule has 1 amide bonds. The fraction of sp³-hybridized carbons (Fsp3) is 0.450. The Bertz CT molecular complexity index is 1020. The van der Waals surface area contributed by atoms with Crippen molar-refractivity contribution in [2.45, 2.75) is 35.8 Å². The zero-order valence-corrected chi connectivity index (χ0v) is 17.9. The zero-order valence-electron chi connectivity index (χ0n) is 15.5. The van der Waals surface area contributed by atoms with E-state index in [0.29, 0.717) is 42.6 Å². The Hall–Kier alpha value is -1.35. The first-order valence-electron chi connectivity index (χ1n) is 9.65. The van der Waals surface area contributed by atoms with Gasteiger partial charge in [0.05, 0.1) is 10.6 Å². The van der Waals surface area contributed by atoms with Gasteiger partial charge in [-0.1, -0.05) is 6.07 Å². The molecule has 1 fully saturated rings. The number of sulfonamides is 1. The summed E-state index contributed by atoms with van der Waals surface area (Å²) in [5.41, 5.74) is 2.98. The van der Waals surface area contributed by atoms with Gasteiger partial charge in [0.25, 0.3) is 0 Å². The van der Waals surface area contributed by atoms with Crippen molar-refractivity contribution < 1.29 is 13.2 Å². The second kappa shape index (κ2) is 7.16. The van der Waals surface area contributed by atoms with E-state index in [0.717, 1.165) is 35.4 Å². The van der Waals surface area contributed by atoms with E-state index in [9.17, 15) is 13.2 Å². The smallest absolute Gasteiger partial charge is 0.243 e. The standard InChI is InChI=1S/C20H22N2O3S3/c23-19-4-3-14-12-16(13-15-5-8-22(19)20(14)15)28(24,25)21-7-6-18(27-11-9-21)17-2-1-10-26-17/h1-2,10,12-13,18H,3-9,11H2/t18-/m1/s1. The van der Waals surface area contributed by atoms with Crippen molar-refractivity contribution in [1.82, 2.24) is 4.31 Å². The molecule has 0 N–H and O–H groups in total. The summed E-state index contributed by atoms with van der Waals surface area (Å²) in [5, 5.41) is 2.46. The fourth-order valence-electron chi connectivity index (χ4n) is 4.42. The number of carbonyl (C=O) groups excluding carboxylic acids is 1. The molecule has 1 aromatic carbocycles. The number of amides is 1. The molecule has 5 rings (SSSR count). The van der Waals surface area contributed by atoms with Crippen molar-refractivity contribution in [2.75, 3.05) is 30.3 Å². The van der Waals surface area contributed by atoms with Crippen LogP contribution in [0.1, 0.15) is 34.1 Å². The summed E-state index contributed by atoms with van der Waals surface area (Å²) in [7, 11) is -3.52. The number of benzene rings is 1. The Morgan fingerprint density at radius 3 is 2.64 bits per heavy atom. The molecule has 0 saturated carbocycles. The maximum absolute atomic E-state index is 13.4. The SMILES string of the molecule is O=C1CCc2cc(S(=O)(=O)N3CCS[C@@H](c4cccs4)CC3)cc3c2N1CC3. The molecule has 0 unspecified atom stereocenters. The Balaban J connectivity index is 1.43. The average molecular weight is 435 g/mol. The van der Waals surface area contributed by atoms with Crippen LogP contribution in [0.5, 0.6) is 0 Å². The lowest BCUT2D eigenvalue weighted by molar-refractivity contribution is -0.118. The van der Waals surface area contributed by atoms with E-state index in [1.165, 1.54) is 4.88 Å². The van der Waals surface area contributed by atoms with E-state index in [1.54, 1.807) is 15.6 Å². The van der Waals surface area contributed by atoms with Crippen LogP contribution in [0.15, 0.2) is 34.5 Å². The highest BCUT2D eigenvalue weighted by Crippen LogP contribution is 2.40. The Kier molecular flexibility index (Phi) is 4.77. The van der Waals surface area contributed by atoms with E-state index in [1.807, 2.05) is 28.8 Å². The van der Waals surface area contributed by atoms with Crippen LogP contribution in [0.2, 0.25) is 0 Å². The summed E-state index contributed by atoms with van der Waals surface area (Å²) in [6.45, 7) is 1.77. The van der Waals surface area contributed by atoms with Gasteiger partial charge in [0.2, 0.25) is 15.9 Å². The van der Waals surface area contributed by atoms with Crippen molar-refractivity contribution in [3.05, 3.63) is 45.6 Å². The molecule has 2 aromatic rings. The lowest BCUT2D eigenvalue weighted by atomic mass is 10.00. The molecule has 148 valence electrons. The highest BCUT2D eigenvalue weighted by molar-refractivity contribution is 7.99. The normalized spacial score (nSPS) is 22.9. The first-order valence-corrected chi connectivity index (χ1v) is 13.0. The minimum absolute atomic E-state index is 0.158. The van der Waals surface area contributed by atoms with Gasteiger partial charge in [0, 0.05) is 41.9 Å². The number of thiophene rings is 1. The number of rotatable bonds is 3. The third-order valence-corrected chi connectivity index (χ3v) is 10.1. The molecule has 0 bridgehead atoms. The van der Waals surface area contributed by atoms with Crippen LogP contribution >= 0.6 is 23.1 Å². The number of nitrogens with zero attached hydrogens (tertiary/aromatic N) is 2. The largest absolute Gasteiger partial charge is 0.312 e. The number of carbonyl (C=O) groups is 1. The molecule has 0 aliphatic carbocycles. The fourth-order valence-corrected chi connectivity index (χ4v) is 8.33. The molecule has 3 aliphatic heterocycles. The molecule has 1 atom stereocenters. The number of thioether (sulfide) groups is 1. The molecule has 1 saturated heterocycles. The highest BCUT2D eigenvalue weighted by atomic mass is 32.2. The molecule has 1 aromatic heterocycles. The first kappa shape index (κ1) is 18.7. The summed E-state index contributed by atoms with van der Waals surface area (Å²) in [4.78, 5) is 15.7. The Morgan fingerprint density at radius 1 is 1.04 bits per heavy atom. The van der Waals surface area contributed by atoms with Crippen molar-refractivity contribution in [3.63, 3.8) is 0 Å². The first-order chi connectivity index (χ1) is 13.5. The van der Waals surface area contributed by atoms with E-state index in [4.69, 9.17) is 0 Å². The predicted octanol–water partition coefficient (Wildman–Crippen LogP) is 3.45. The number of anilines is 1. The lowest BCUT2D eigenvalue weighted by Gasteiger charge is -2.26. The van der Waals surface area contributed by atoms with Gasteiger partial charge in [0.1, 0.15) is 0 Å². The minimum atomic E-state index is -3.52. The van der Waals surface area contributed by atoms with Crippen molar-refractivity contribution in [3.8, 4) is 0 Å². The molecular formula is C20H22N2O3S3. The van der Waals surface area contributed by atoms with Gasteiger partial charge in [-0.25, -0.2) is 8.42 Å². The summed E-state index contributed by atoms with van der Waals surface area (Å²) in [6.07, 6.45) is 2.69. The monoisotopic (exact) mass is 434 g/mol. The molecule has 4 heterocycles. The van der Waals surface area contributed by atoms with Gasteiger partial charge in [-0.2, -0.15) is 16.1 Å². The van der Waals surface area contributed by atoms with Gasteiger partial charge in [-0.3, -0.25) is 4.79 Å². The van der Waals surface area contributed by atoms with Crippen molar-refractivity contribution in [2.24, 2.45) is 0 Å². The van der Waals surface area contributed by atoms with Crippen molar-refractivity contribution >= 4 is 44.7 Å². The predicted molar refractivity (Wildman–Crippen MR) is 114 cm³/mol. The van der Waals surface area contributed by atoms with E-state index >= 15 is 0 Å². The molecule has 5 nitrogen and oxygen atoms in total. The lowest BCUT2D eigenvalue weighted by Crippen LogP contribution is -2.34. The van der Waals surface area contributed by atoms with Gasteiger partial charge < -0.3 is 4.90 Å². The van der Waals surface area contributed by atoms with E-state index in [-0.39, 0.29) is 5.91 Å². The molecule has 3 aliphatic rings. The van der Waals surface area contributed by atoms with E-state index in [2.05, 4.69) is 17.5 Å². The molecule has 28 heavy (non-hydrogen) atoms. The van der Waals surface area contributed by atoms with Gasteiger partial charge in [-0.05, 0) is 54.0 Å². The van der Waals surface area contributed by atoms with Crippen LogP contribution in [0.4, 0.5) is 5.69 Å². The Labute approximate surface area is 173 Å². The quantitative estimate of drug-likeness (QED) is 0.742. The van der Waals surface area contributed by atoms with Crippen LogP contribution in [-0.4, -0.2) is 44.0 Å². The van der Waals surface area contributed by atoms with Crippen LogP contribution in [0, 0.1) is 0 Å². The third-order valence-electron chi connectivity index (χ3n) is 5.82. The molecular weight excluding hydrogens is 412 g/mol. The van der Waals surface area contributed by atoms with Crippen molar-refractivity contribution in [1.29, 1.82) is 0 Å². The second-order valence-corrected chi connectivity index (χ2v) is 11.7. The van der Waals surface area contributed by atoms with Crippen LogP contribution in [0.3, 0.4) is 0 Å². The van der Waals surface area contributed by atoms with E-state index < -0.39 is 10.0 Å². The average Bonchev–Trinajstić information content (AvgIpc) is 3.30. The summed E-state index contributed by atoms with van der Waals surface area (Å²) < 4.78 is 28.5. The number of hydrogen-bond acceptors (Lipinski definition) is 5. The van der Waals surface area contributed by atoms with Gasteiger partial charge >= 0.3 is 0 Å². The van der Waals surface area contributed by atoms with Crippen LogP contribution in [0.25, 0.3) is 0 Å². The summed E-state index contributed by atoms with van der Waals surface area (Å²) in [6, 6.07) is 7.82. The molecule has 0 radical (unpaired) electrons. The second-order valence-electron chi connectivity index (χ2n) is 7.45. The maximum atomic E-state index is 13.4. The maximum Gasteiger partial charge on any atom is 0.243 e. The van der Waals surface area contributed by atoms with Crippen LogP contribution < -0.4 is 4.90 Å². The van der Waals surface area contributed by atoms with Gasteiger partial charge in [-0.15, -0.1) is 11.3 Å². The highest BCUT2D eigenvalue weighted by Gasteiger charge is 2.35. The number of hydrogen-bond donors (Lipinski definition) is 0. The minimum Gasteiger partial charge on any atom is -0.312 e. The van der Waals surface area contributed by atoms with Gasteiger partial charge in [0.15, 0.2) is 0 Å². The summed E-state index contributed by atoms with van der Waals surface area (Å²) in [5.74, 6) is 0.966. The zero-order chi connectivity index (χ0) is 19.3. The molecule has 0 spiro atoms. The third kappa shape index (κ3) is 3.10.